The van der Waals surface area contributed by atoms with Gasteiger partial charge in [0.2, 0.25) is 0 Å². The lowest BCUT2D eigenvalue weighted by Crippen LogP contribution is -3.00. The van der Waals surface area contributed by atoms with Gasteiger partial charge < -0.3 is 21.5 Å². The molecule has 164 valence electrons. The largest absolute Gasteiger partial charge is 1.00 e. The van der Waals surface area contributed by atoms with Crippen LogP contribution in [0.2, 0.25) is 0 Å². The third-order valence-electron chi connectivity index (χ3n) is 8.29. The Hall–Kier alpha value is -2.41. The SMILES string of the molecule is N#CC(c1ccccc1)(c1ccccc1)C12CC[N+](CCc3ccccc3)(CC1)CC2.[Br-]. The van der Waals surface area contributed by atoms with Crippen molar-refractivity contribution in [3.05, 3.63) is 108 Å². The van der Waals surface area contributed by atoms with E-state index in [1.165, 1.54) is 36.2 Å². The molecule has 0 atom stereocenters. The molecule has 3 aliphatic heterocycles. The quantitative estimate of drug-likeness (QED) is 0.491. The number of quaternary nitrogens is 1. The molecule has 0 aliphatic carbocycles. The molecule has 3 aliphatic rings. The fourth-order valence-electron chi connectivity index (χ4n) is 6.38. The maximum Gasteiger partial charge on any atom is 0.113 e. The molecule has 3 heterocycles. The van der Waals surface area contributed by atoms with Gasteiger partial charge in [0.05, 0.1) is 32.2 Å². The van der Waals surface area contributed by atoms with E-state index in [1.807, 2.05) is 0 Å². The Morgan fingerprint density at radius 3 is 1.59 bits per heavy atom. The van der Waals surface area contributed by atoms with Crippen LogP contribution in [0.5, 0.6) is 0 Å². The van der Waals surface area contributed by atoms with E-state index < -0.39 is 5.41 Å². The molecule has 3 saturated heterocycles. The van der Waals surface area contributed by atoms with E-state index in [9.17, 15) is 5.26 Å². The van der Waals surface area contributed by atoms with E-state index in [2.05, 4.69) is 97.1 Å². The molecule has 3 aromatic carbocycles. The zero-order chi connectivity index (χ0) is 21.2. The van der Waals surface area contributed by atoms with Gasteiger partial charge in [-0.05, 0) is 16.7 Å². The molecule has 3 fully saturated rings. The van der Waals surface area contributed by atoms with Crippen LogP contribution >= 0.6 is 0 Å². The fraction of sp³-hybridized carbons (Fsp3) is 0.345. The molecule has 0 unspecified atom stereocenters. The minimum absolute atomic E-state index is 0. The third-order valence-corrected chi connectivity index (χ3v) is 8.29. The highest BCUT2D eigenvalue weighted by Crippen LogP contribution is 2.58. The van der Waals surface area contributed by atoms with Crippen molar-refractivity contribution in [2.45, 2.75) is 31.1 Å². The third kappa shape index (κ3) is 3.70. The summed E-state index contributed by atoms with van der Waals surface area (Å²) in [4.78, 5) is 0. The van der Waals surface area contributed by atoms with Gasteiger partial charge in [-0.3, -0.25) is 0 Å². The smallest absolute Gasteiger partial charge is 0.113 e. The molecule has 0 spiro atoms. The number of rotatable bonds is 6. The summed E-state index contributed by atoms with van der Waals surface area (Å²) in [6, 6.07) is 35.0. The van der Waals surface area contributed by atoms with Crippen LogP contribution in [0.3, 0.4) is 0 Å². The first-order chi connectivity index (χ1) is 15.2. The Kier molecular flexibility index (Phi) is 6.56. The number of benzene rings is 3. The van der Waals surface area contributed by atoms with E-state index in [-0.39, 0.29) is 22.4 Å². The van der Waals surface area contributed by atoms with Gasteiger partial charge in [-0.2, -0.15) is 5.26 Å². The van der Waals surface area contributed by atoms with Crippen LogP contribution in [0.4, 0.5) is 0 Å². The van der Waals surface area contributed by atoms with E-state index in [0.717, 1.165) is 36.8 Å². The first-order valence-corrected chi connectivity index (χ1v) is 11.6. The molecule has 3 aromatic rings. The maximum atomic E-state index is 10.8. The first-order valence-electron chi connectivity index (χ1n) is 11.6. The van der Waals surface area contributed by atoms with Crippen molar-refractivity contribution < 1.29 is 21.5 Å². The fourth-order valence-corrected chi connectivity index (χ4v) is 6.38. The van der Waals surface area contributed by atoms with Crippen LogP contribution < -0.4 is 17.0 Å². The molecule has 0 radical (unpaired) electrons. The van der Waals surface area contributed by atoms with E-state index in [0.29, 0.717) is 0 Å². The predicted molar refractivity (Wildman–Crippen MR) is 125 cm³/mol. The maximum absolute atomic E-state index is 10.8. The Labute approximate surface area is 202 Å². The lowest BCUT2D eigenvalue weighted by atomic mass is 9.50. The normalized spacial score (nSPS) is 24.3. The summed E-state index contributed by atoms with van der Waals surface area (Å²) >= 11 is 0. The van der Waals surface area contributed by atoms with Gasteiger partial charge in [0.1, 0.15) is 5.41 Å². The van der Waals surface area contributed by atoms with Crippen molar-refractivity contribution in [3.63, 3.8) is 0 Å². The average Bonchev–Trinajstić information content (AvgIpc) is 2.87. The van der Waals surface area contributed by atoms with Crippen molar-refractivity contribution in [1.29, 1.82) is 5.26 Å². The first kappa shape index (κ1) is 22.8. The molecule has 0 aromatic heterocycles. The summed E-state index contributed by atoms with van der Waals surface area (Å²) in [5.74, 6) is 0. The minimum Gasteiger partial charge on any atom is -1.00 e. The summed E-state index contributed by atoms with van der Waals surface area (Å²) in [5, 5.41) is 10.8. The number of halogens is 1. The standard InChI is InChI=1S/C29H31N2.BrH/c30-24-29(26-12-6-2-7-13-26,27-14-8-3-9-15-27)28-17-21-31(22-18-28,23-19-28)20-16-25-10-4-1-5-11-25;/h1-15H,16-23H2;1H/q+1;/p-1. The molecule has 3 heteroatoms. The van der Waals surface area contributed by atoms with Gasteiger partial charge in [0, 0.05) is 31.1 Å². The highest BCUT2D eigenvalue weighted by molar-refractivity contribution is 5.49. The van der Waals surface area contributed by atoms with Crippen LogP contribution in [0.1, 0.15) is 36.0 Å². The highest BCUT2D eigenvalue weighted by Gasteiger charge is 2.61. The van der Waals surface area contributed by atoms with Crippen LogP contribution in [0.15, 0.2) is 91.0 Å². The monoisotopic (exact) mass is 486 g/mol. The Morgan fingerprint density at radius 1 is 0.719 bits per heavy atom. The van der Waals surface area contributed by atoms with Crippen LogP contribution in [-0.2, 0) is 11.8 Å². The van der Waals surface area contributed by atoms with Crippen molar-refractivity contribution in [2.75, 3.05) is 26.2 Å². The second-order valence-electron chi connectivity index (χ2n) is 9.60. The van der Waals surface area contributed by atoms with Crippen molar-refractivity contribution in [1.82, 2.24) is 0 Å². The summed E-state index contributed by atoms with van der Waals surface area (Å²) in [7, 11) is 0. The second kappa shape index (κ2) is 9.22. The Morgan fingerprint density at radius 2 is 1.16 bits per heavy atom. The molecular formula is C29H31BrN2. The zero-order valence-electron chi connectivity index (χ0n) is 18.6. The Bertz CT molecular complexity index is 993. The summed E-state index contributed by atoms with van der Waals surface area (Å²) in [6.07, 6.45) is 4.52. The van der Waals surface area contributed by atoms with E-state index in [4.69, 9.17) is 0 Å². The van der Waals surface area contributed by atoms with Gasteiger partial charge in [-0.25, -0.2) is 0 Å². The van der Waals surface area contributed by atoms with Crippen LogP contribution in [-0.4, -0.2) is 30.7 Å². The van der Waals surface area contributed by atoms with Gasteiger partial charge in [0.15, 0.2) is 0 Å². The number of hydrogen-bond donors (Lipinski definition) is 0. The van der Waals surface area contributed by atoms with E-state index >= 15 is 0 Å². The van der Waals surface area contributed by atoms with Gasteiger partial charge in [0.25, 0.3) is 0 Å². The van der Waals surface area contributed by atoms with Crippen LogP contribution in [0, 0.1) is 16.7 Å². The molecule has 2 bridgehead atoms. The molecule has 32 heavy (non-hydrogen) atoms. The molecule has 0 saturated carbocycles. The van der Waals surface area contributed by atoms with Crippen molar-refractivity contribution in [3.8, 4) is 6.07 Å². The topological polar surface area (TPSA) is 23.8 Å². The lowest BCUT2D eigenvalue weighted by Gasteiger charge is -2.60. The zero-order valence-corrected chi connectivity index (χ0v) is 20.2. The highest BCUT2D eigenvalue weighted by atomic mass is 79.9. The summed E-state index contributed by atoms with van der Waals surface area (Å²) in [5.41, 5.74) is 3.20. The summed E-state index contributed by atoms with van der Waals surface area (Å²) < 4.78 is 1.22. The molecule has 2 nitrogen and oxygen atoms in total. The minimum atomic E-state index is -0.578. The molecular weight excluding hydrogens is 456 g/mol. The molecule has 6 rings (SSSR count). The van der Waals surface area contributed by atoms with Gasteiger partial charge in [-0.1, -0.05) is 91.0 Å². The number of nitrogens with zero attached hydrogens (tertiary/aromatic N) is 2. The molecule has 0 N–H and O–H groups in total. The number of hydrogen-bond acceptors (Lipinski definition) is 1. The number of nitriles is 1. The van der Waals surface area contributed by atoms with Crippen molar-refractivity contribution in [2.24, 2.45) is 5.41 Å². The Balaban J connectivity index is 0.00000245. The van der Waals surface area contributed by atoms with Crippen LogP contribution in [0.25, 0.3) is 0 Å². The summed E-state index contributed by atoms with van der Waals surface area (Å²) in [6.45, 7) is 4.79. The number of piperidine rings is 3. The molecule has 0 amide bonds. The van der Waals surface area contributed by atoms with Gasteiger partial charge in [-0.15, -0.1) is 0 Å². The van der Waals surface area contributed by atoms with Gasteiger partial charge >= 0.3 is 0 Å². The average molecular weight is 487 g/mol. The lowest BCUT2D eigenvalue weighted by molar-refractivity contribution is -0.945. The van der Waals surface area contributed by atoms with E-state index in [1.54, 1.807) is 0 Å². The predicted octanol–water partition coefficient (Wildman–Crippen LogP) is 2.74. The number of fused-ring (bicyclic) bond motifs is 3. The second-order valence-corrected chi connectivity index (χ2v) is 9.60. The van der Waals surface area contributed by atoms with Crippen molar-refractivity contribution >= 4 is 0 Å².